The molecule has 1 aromatic carbocycles. The van der Waals surface area contributed by atoms with Gasteiger partial charge in [0.1, 0.15) is 12.6 Å². The van der Waals surface area contributed by atoms with Crippen molar-refractivity contribution < 1.29 is 23.5 Å². The molecule has 0 aromatic heterocycles. The molecule has 0 spiro atoms. The molecule has 0 bridgehead atoms. The Bertz CT molecular complexity index is 851. The number of hydrogen-bond donors (Lipinski definition) is 1. The molecule has 2 aliphatic rings. The average Bonchev–Trinajstić information content (AvgIpc) is 3.05. The van der Waals surface area contributed by atoms with Gasteiger partial charge in [-0.05, 0) is 30.6 Å². The van der Waals surface area contributed by atoms with E-state index in [9.17, 15) is 14.4 Å². The summed E-state index contributed by atoms with van der Waals surface area (Å²) in [6.45, 7) is 14.5. The van der Waals surface area contributed by atoms with Gasteiger partial charge in [0, 0.05) is 0 Å². The minimum atomic E-state index is -2.08. The van der Waals surface area contributed by atoms with E-state index in [1.54, 1.807) is 6.92 Å². The number of carbonyl (C=O) groups is 3. The number of imide groups is 1. The van der Waals surface area contributed by atoms with E-state index in [2.05, 4.69) is 39.2 Å². The van der Waals surface area contributed by atoms with Crippen LogP contribution in [0.5, 0.6) is 0 Å². The van der Waals surface area contributed by atoms with Crippen molar-refractivity contribution in [3.05, 3.63) is 35.9 Å². The zero-order valence-electron chi connectivity index (χ0n) is 19.5. The number of cyclic esters (lactones) is 1. The first kappa shape index (κ1) is 23.5. The molecule has 0 aliphatic carbocycles. The maximum absolute atomic E-state index is 13.3. The minimum Gasteiger partial charge on any atom is -0.446 e. The fourth-order valence-corrected chi connectivity index (χ4v) is 5.46. The van der Waals surface area contributed by atoms with Crippen LogP contribution in [0.3, 0.4) is 0 Å². The topological polar surface area (TPSA) is 84.9 Å². The van der Waals surface area contributed by atoms with Gasteiger partial charge in [0.15, 0.2) is 8.32 Å². The Kier molecular flexibility index (Phi) is 6.35. The van der Waals surface area contributed by atoms with Crippen molar-refractivity contribution in [3.8, 4) is 0 Å². The second kappa shape index (κ2) is 8.39. The van der Waals surface area contributed by atoms with Crippen molar-refractivity contribution >= 4 is 26.2 Å². The van der Waals surface area contributed by atoms with E-state index in [0.29, 0.717) is 0 Å². The first-order valence-electron chi connectivity index (χ1n) is 10.9. The van der Waals surface area contributed by atoms with Crippen molar-refractivity contribution in [2.24, 2.45) is 11.8 Å². The third-order valence-electron chi connectivity index (χ3n) is 7.01. The third-order valence-corrected chi connectivity index (χ3v) is 11.6. The summed E-state index contributed by atoms with van der Waals surface area (Å²) >= 11 is 0. The Morgan fingerprint density at radius 2 is 1.81 bits per heavy atom. The van der Waals surface area contributed by atoms with Crippen LogP contribution in [0.2, 0.25) is 18.1 Å². The predicted octanol–water partition coefficient (Wildman–Crippen LogP) is 3.87. The average molecular weight is 447 g/mol. The number of ether oxygens (including phenoxy) is 1. The van der Waals surface area contributed by atoms with Gasteiger partial charge in [0.2, 0.25) is 11.8 Å². The van der Waals surface area contributed by atoms with Gasteiger partial charge in [-0.15, -0.1) is 0 Å². The molecule has 2 heterocycles. The molecule has 2 saturated heterocycles. The highest BCUT2D eigenvalue weighted by Gasteiger charge is 2.52. The largest absolute Gasteiger partial charge is 0.446 e. The summed E-state index contributed by atoms with van der Waals surface area (Å²) in [5.74, 6) is -1.46. The Hall–Kier alpha value is -2.19. The van der Waals surface area contributed by atoms with Crippen LogP contribution in [0, 0.1) is 11.8 Å². The highest BCUT2D eigenvalue weighted by Crippen LogP contribution is 2.40. The standard InChI is InChI=1S/C23H34N2O5Si/c1-14(19-18(20(26)24-19)15(2)30-31(6,7)23(3,4)5)21(27)25-17(13-29-22(25)28)16-11-9-8-10-12-16/h8-12,14-15,17-19H,13H2,1-7H3,(H,24,26)/t14-,15-,17-,18?,19?/m1/s1. The molecule has 31 heavy (non-hydrogen) atoms. The van der Waals surface area contributed by atoms with Crippen LogP contribution in [0.25, 0.3) is 0 Å². The van der Waals surface area contributed by atoms with Gasteiger partial charge in [0.25, 0.3) is 0 Å². The number of nitrogens with one attached hydrogen (secondary N) is 1. The van der Waals surface area contributed by atoms with E-state index >= 15 is 0 Å². The molecular weight excluding hydrogens is 412 g/mol. The number of hydrogen-bond acceptors (Lipinski definition) is 5. The van der Waals surface area contributed by atoms with E-state index in [4.69, 9.17) is 9.16 Å². The molecule has 2 unspecified atom stereocenters. The summed E-state index contributed by atoms with van der Waals surface area (Å²) in [4.78, 5) is 39.3. The minimum absolute atomic E-state index is 0.0145. The number of carbonyl (C=O) groups excluding carboxylic acids is 3. The van der Waals surface area contributed by atoms with Crippen LogP contribution < -0.4 is 5.32 Å². The molecule has 170 valence electrons. The molecule has 2 fully saturated rings. The summed E-state index contributed by atoms with van der Waals surface area (Å²) < 4.78 is 11.6. The predicted molar refractivity (Wildman–Crippen MR) is 120 cm³/mol. The Balaban J connectivity index is 1.75. The number of rotatable bonds is 6. The van der Waals surface area contributed by atoms with Gasteiger partial charge in [-0.2, -0.15) is 0 Å². The number of amides is 3. The smallest absolute Gasteiger partial charge is 0.417 e. The van der Waals surface area contributed by atoms with Crippen molar-refractivity contribution in [2.75, 3.05) is 6.61 Å². The highest BCUT2D eigenvalue weighted by molar-refractivity contribution is 6.74. The SMILES string of the molecule is C[C@@H](O[Si](C)(C)C(C)(C)C)C1C(=O)NC1[C@@H](C)C(=O)N1C(=O)OC[C@@H]1c1ccccc1. The zero-order valence-corrected chi connectivity index (χ0v) is 20.5. The van der Waals surface area contributed by atoms with Gasteiger partial charge < -0.3 is 14.5 Å². The van der Waals surface area contributed by atoms with E-state index in [1.807, 2.05) is 37.3 Å². The first-order chi connectivity index (χ1) is 14.3. The zero-order chi connectivity index (χ0) is 23.1. The van der Waals surface area contributed by atoms with Crippen molar-refractivity contribution in [1.82, 2.24) is 10.2 Å². The van der Waals surface area contributed by atoms with Crippen molar-refractivity contribution in [3.63, 3.8) is 0 Å². The van der Waals surface area contributed by atoms with Crippen molar-refractivity contribution in [1.29, 1.82) is 0 Å². The molecule has 3 rings (SSSR count). The summed E-state index contributed by atoms with van der Waals surface area (Å²) in [5.41, 5.74) is 0.845. The Morgan fingerprint density at radius 3 is 2.35 bits per heavy atom. The lowest BCUT2D eigenvalue weighted by molar-refractivity contribution is -0.147. The van der Waals surface area contributed by atoms with E-state index in [0.717, 1.165) is 5.56 Å². The van der Waals surface area contributed by atoms with Crippen LogP contribution in [0.1, 0.15) is 46.2 Å². The van der Waals surface area contributed by atoms with Crippen LogP contribution in [0.4, 0.5) is 4.79 Å². The monoisotopic (exact) mass is 446 g/mol. The van der Waals surface area contributed by atoms with Crippen LogP contribution in [-0.4, -0.2) is 49.9 Å². The summed E-state index contributed by atoms with van der Waals surface area (Å²) in [7, 11) is -2.08. The van der Waals surface area contributed by atoms with Crippen molar-refractivity contribution in [2.45, 2.75) is 70.9 Å². The third kappa shape index (κ3) is 4.41. The second-order valence-electron chi connectivity index (χ2n) is 10.1. The molecule has 1 aromatic rings. The van der Waals surface area contributed by atoms with E-state index in [-0.39, 0.29) is 35.6 Å². The fraction of sp³-hybridized carbons (Fsp3) is 0.609. The van der Waals surface area contributed by atoms with Gasteiger partial charge in [-0.1, -0.05) is 58.0 Å². The maximum Gasteiger partial charge on any atom is 0.417 e. The molecule has 0 radical (unpaired) electrons. The highest BCUT2D eigenvalue weighted by atomic mass is 28.4. The molecule has 5 atom stereocenters. The quantitative estimate of drug-likeness (QED) is 0.530. The number of nitrogens with zero attached hydrogens (tertiary/aromatic N) is 1. The molecule has 0 saturated carbocycles. The van der Waals surface area contributed by atoms with Crippen LogP contribution in [-0.2, 0) is 18.8 Å². The molecule has 1 N–H and O–H groups in total. The molecule has 3 amide bonds. The van der Waals surface area contributed by atoms with E-state index < -0.39 is 32.3 Å². The lowest BCUT2D eigenvalue weighted by atomic mass is 9.78. The van der Waals surface area contributed by atoms with Gasteiger partial charge in [-0.25, -0.2) is 9.69 Å². The van der Waals surface area contributed by atoms with Gasteiger partial charge in [-0.3, -0.25) is 9.59 Å². The number of β-lactam (4-membered cyclic amide) rings is 1. The van der Waals surface area contributed by atoms with E-state index in [1.165, 1.54) is 4.90 Å². The van der Waals surface area contributed by atoms with Gasteiger partial charge >= 0.3 is 6.09 Å². The Labute approximate surface area is 185 Å². The fourth-order valence-electron chi connectivity index (χ4n) is 4.03. The Morgan fingerprint density at radius 1 is 1.19 bits per heavy atom. The maximum atomic E-state index is 13.3. The summed E-state index contributed by atoms with van der Waals surface area (Å²) in [6, 6.07) is 8.52. The normalized spacial score (nSPS) is 26.0. The lowest BCUT2D eigenvalue weighted by Crippen LogP contribution is -2.67. The van der Waals surface area contributed by atoms with Crippen LogP contribution >= 0.6 is 0 Å². The number of benzene rings is 1. The van der Waals surface area contributed by atoms with Gasteiger partial charge in [0.05, 0.1) is 24.0 Å². The molecule has 8 heteroatoms. The molecule has 7 nitrogen and oxygen atoms in total. The first-order valence-corrected chi connectivity index (χ1v) is 13.8. The second-order valence-corrected chi connectivity index (χ2v) is 14.9. The lowest BCUT2D eigenvalue weighted by Gasteiger charge is -2.47. The summed E-state index contributed by atoms with van der Waals surface area (Å²) in [5, 5.41) is 2.88. The summed E-state index contributed by atoms with van der Waals surface area (Å²) in [6.07, 6.45) is -0.955. The molecule has 2 aliphatic heterocycles. The molecular formula is C23H34N2O5Si. The van der Waals surface area contributed by atoms with Crippen LogP contribution in [0.15, 0.2) is 30.3 Å².